The summed E-state index contributed by atoms with van der Waals surface area (Å²) in [5.41, 5.74) is 0.453. The molecule has 1 heterocycles. The van der Waals surface area contributed by atoms with Gasteiger partial charge in [0, 0.05) is 24.3 Å². The highest BCUT2D eigenvalue weighted by atomic mass is 16.5. The van der Waals surface area contributed by atoms with Crippen LogP contribution in [0.3, 0.4) is 0 Å². The molecular formula is C21H34N2O3. The Bertz CT molecular complexity index is 558. The lowest BCUT2D eigenvalue weighted by Crippen LogP contribution is -2.45. The van der Waals surface area contributed by atoms with Crippen molar-refractivity contribution in [2.24, 2.45) is 0 Å². The molecule has 146 valence electrons. The molecule has 26 heavy (non-hydrogen) atoms. The third-order valence-corrected chi connectivity index (χ3v) is 4.61. The summed E-state index contributed by atoms with van der Waals surface area (Å²) in [6.45, 7) is 11.2. The summed E-state index contributed by atoms with van der Waals surface area (Å²) in [4.78, 5) is 19.3. The van der Waals surface area contributed by atoms with E-state index in [-0.39, 0.29) is 17.6 Å². The fourth-order valence-electron chi connectivity index (χ4n) is 3.42. The molecule has 5 heteroatoms. The van der Waals surface area contributed by atoms with Crippen LogP contribution in [0.1, 0.15) is 77.1 Å². The van der Waals surface area contributed by atoms with E-state index in [1.807, 2.05) is 31.7 Å². The number of rotatable bonds is 7. The summed E-state index contributed by atoms with van der Waals surface area (Å²) < 4.78 is 11.2. The van der Waals surface area contributed by atoms with E-state index in [1.54, 1.807) is 12.3 Å². The zero-order valence-electron chi connectivity index (χ0n) is 17.0. The van der Waals surface area contributed by atoms with E-state index in [2.05, 4.69) is 18.8 Å². The van der Waals surface area contributed by atoms with Gasteiger partial charge in [0.15, 0.2) is 0 Å². The zero-order valence-corrected chi connectivity index (χ0v) is 17.0. The lowest BCUT2D eigenvalue weighted by Gasteiger charge is -2.37. The van der Waals surface area contributed by atoms with Gasteiger partial charge in [-0.25, -0.2) is 4.98 Å². The highest BCUT2D eigenvalue weighted by molar-refractivity contribution is 5.94. The predicted octanol–water partition coefficient (Wildman–Crippen LogP) is 4.46. The molecule has 1 amide bonds. The molecule has 1 aliphatic rings. The Morgan fingerprint density at radius 3 is 2.42 bits per heavy atom. The average Bonchev–Trinajstić information content (AvgIpc) is 2.59. The van der Waals surface area contributed by atoms with E-state index in [9.17, 15) is 4.79 Å². The highest BCUT2D eigenvalue weighted by Gasteiger charge is 2.28. The van der Waals surface area contributed by atoms with Gasteiger partial charge in [-0.3, -0.25) is 4.79 Å². The first-order valence-electron chi connectivity index (χ1n) is 9.83. The molecule has 0 bridgehead atoms. The van der Waals surface area contributed by atoms with E-state index in [4.69, 9.17) is 9.47 Å². The van der Waals surface area contributed by atoms with Crippen molar-refractivity contribution in [3.63, 3.8) is 0 Å². The van der Waals surface area contributed by atoms with Crippen molar-refractivity contribution in [3.05, 3.63) is 23.9 Å². The summed E-state index contributed by atoms with van der Waals surface area (Å²) in [7, 11) is 0. The molecule has 0 saturated heterocycles. The van der Waals surface area contributed by atoms with Gasteiger partial charge in [-0.15, -0.1) is 0 Å². The maximum Gasteiger partial charge on any atom is 0.255 e. The summed E-state index contributed by atoms with van der Waals surface area (Å²) >= 11 is 0. The molecule has 0 aliphatic heterocycles. The number of pyridine rings is 1. The largest absolute Gasteiger partial charge is 0.475 e. The Kier molecular flexibility index (Phi) is 7.44. The molecule has 1 fully saturated rings. The normalized spacial score (nSPS) is 15.9. The minimum atomic E-state index is -0.174. The number of aromatic nitrogens is 1. The van der Waals surface area contributed by atoms with Gasteiger partial charge in [-0.05, 0) is 53.5 Å². The van der Waals surface area contributed by atoms with Crippen molar-refractivity contribution in [1.82, 2.24) is 9.88 Å². The first kappa shape index (κ1) is 20.7. The van der Waals surface area contributed by atoms with Crippen molar-refractivity contribution in [2.45, 2.75) is 84.4 Å². The Morgan fingerprint density at radius 1 is 1.19 bits per heavy atom. The summed E-state index contributed by atoms with van der Waals surface area (Å²) in [6.07, 6.45) is 7.54. The SMILES string of the molecule is CC(C)N(C(=O)c1ccc(OCCOC(C)(C)C)nc1)C1CCCCC1. The minimum Gasteiger partial charge on any atom is -0.475 e. The van der Waals surface area contributed by atoms with Crippen molar-refractivity contribution in [2.75, 3.05) is 13.2 Å². The molecule has 1 aliphatic carbocycles. The number of ether oxygens (including phenoxy) is 2. The number of hydrogen-bond acceptors (Lipinski definition) is 4. The summed E-state index contributed by atoms with van der Waals surface area (Å²) in [5.74, 6) is 0.592. The van der Waals surface area contributed by atoms with Crippen molar-refractivity contribution < 1.29 is 14.3 Å². The maximum atomic E-state index is 13.0. The van der Waals surface area contributed by atoms with Crippen LogP contribution in [-0.4, -0.2) is 46.7 Å². The highest BCUT2D eigenvalue weighted by Crippen LogP contribution is 2.26. The molecule has 0 atom stereocenters. The van der Waals surface area contributed by atoms with Gasteiger partial charge in [0.05, 0.1) is 17.8 Å². The fourth-order valence-corrected chi connectivity index (χ4v) is 3.42. The monoisotopic (exact) mass is 362 g/mol. The third-order valence-electron chi connectivity index (χ3n) is 4.61. The Labute approximate surface area is 158 Å². The van der Waals surface area contributed by atoms with E-state index < -0.39 is 0 Å². The van der Waals surface area contributed by atoms with Crippen molar-refractivity contribution in [3.8, 4) is 5.88 Å². The molecule has 0 N–H and O–H groups in total. The first-order chi connectivity index (χ1) is 12.3. The van der Waals surface area contributed by atoms with Crippen molar-refractivity contribution >= 4 is 5.91 Å². The van der Waals surface area contributed by atoms with Crippen LogP contribution in [-0.2, 0) is 4.74 Å². The number of amides is 1. The smallest absolute Gasteiger partial charge is 0.255 e. The maximum absolute atomic E-state index is 13.0. The third kappa shape index (κ3) is 6.27. The quantitative estimate of drug-likeness (QED) is 0.672. The fraction of sp³-hybridized carbons (Fsp3) is 0.714. The minimum absolute atomic E-state index is 0.0713. The van der Waals surface area contributed by atoms with Gasteiger partial charge in [0.1, 0.15) is 6.61 Å². The molecule has 1 aromatic rings. The summed E-state index contributed by atoms with van der Waals surface area (Å²) in [6, 6.07) is 4.12. The van der Waals surface area contributed by atoms with Gasteiger partial charge in [0.2, 0.25) is 5.88 Å². The van der Waals surface area contributed by atoms with E-state index in [1.165, 1.54) is 19.3 Å². The second-order valence-electron chi connectivity index (χ2n) is 8.29. The van der Waals surface area contributed by atoms with Crippen LogP contribution in [0.2, 0.25) is 0 Å². The van der Waals surface area contributed by atoms with Crippen LogP contribution in [0.4, 0.5) is 0 Å². The van der Waals surface area contributed by atoms with E-state index in [0.717, 1.165) is 12.8 Å². The van der Waals surface area contributed by atoms with Gasteiger partial charge in [0.25, 0.3) is 5.91 Å². The zero-order chi connectivity index (χ0) is 19.2. The van der Waals surface area contributed by atoms with Gasteiger partial charge in [-0.2, -0.15) is 0 Å². The number of hydrogen-bond donors (Lipinski definition) is 0. The van der Waals surface area contributed by atoms with Crippen molar-refractivity contribution in [1.29, 1.82) is 0 Å². The van der Waals surface area contributed by atoms with Gasteiger partial charge < -0.3 is 14.4 Å². The van der Waals surface area contributed by atoms with Crippen LogP contribution in [0, 0.1) is 0 Å². The van der Waals surface area contributed by atoms with Crippen LogP contribution in [0.25, 0.3) is 0 Å². The number of carbonyl (C=O) groups excluding carboxylic acids is 1. The Hall–Kier alpha value is -1.62. The molecule has 2 rings (SSSR count). The molecule has 0 radical (unpaired) electrons. The lowest BCUT2D eigenvalue weighted by atomic mass is 9.93. The van der Waals surface area contributed by atoms with Gasteiger partial charge >= 0.3 is 0 Å². The topological polar surface area (TPSA) is 51.7 Å². The van der Waals surface area contributed by atoms with Crippen LogP contribution in [0.5, 0.6) is 5.88 Å². The molecule has 1 aromatic heterocycles. The van der Waals surface area contributed by atoms with Crippen LogP contribution in [0.15, 0.2) is 18.3 Å². The molecule has 0 unspecified atom stereocenters. The molecule has 0 aromatic carbocycles. The molecular weight excluding hydrogens is 328 g/mol. The Morgan fingerprint density at radius 2 is 1.88 bits per heavy atom. The molecule has 0 spiro atoms. The molecule has 1 saturated carbocycles. The second-order valence-corrected chi connectivity index (χ2v) is 8.29. The van der Waals surface area contributed by atoms with Gasteiger partial charge in [-0.1, -0.05) is 19.3 Å². The van der Waals surface area contributed by atoms with Crippen LogP contribution >= 0.6 is 0 Å². The predicted molar refractivity (Wildman–Crippen MR) is 104 cm³/mol. The Balaban J connectivity index is 1.93. The average molecular weight is 363 g/mol. The first-order valence-corrected chi connectivity index (χ1v) is 9.83. The number of nitrogens with zero attached hydrogens (tertiary/aromatic N) is 2. The standard InChI is InChI=1S/C21H34N2O3/c1-16(2)23(18-9-7-6-8-10-18)20(24)17-11-12-19(22-15-17)25-13-14-26-21(3,4)5/h11-12,15-16,18H,6-10,13-14H2,1-5H3. The van der Waals surface area contributed by atoms with Crippen LogP contribution < -0.4 is 4.74 Å². The van der Waals surface area contributed by atoms with E-state index in [0.29, 0.717) is 30.7 Å². The molecule has 5 nitrogen and oxygen atoms in total. The van der Waals surface area contributed by atoms with E-state index >= 15 is 0 Å². The lowest BCUT2D eigenvalue weighted by molar-refractivity contribution is -0.0168. The summed E-state index contributed by atoms with van der Waals surface area (Å²) in [5, 5.41) is 0. The number of carbonyl (C=O) groups is 1. The second kappa shape index (κ2) is 9.36.